The van der Waals surface area contributed by atoms with E-state index < -0.39 is 24.9 Å². The summed E-state index contributed by atoms with van der Waals surface area (Å²) in [5, 5.41) is 21.2. The highest BCUT2D eigenvalue weighted by atomic mass is 19.3. The summed E-state index contributed by atoms with van der Waals surface area (Å²) in [4.78, 5) is 26.2. The molecule has 2 aliphatic carbocycles. The number of aryl methyl sites for hydroxylation is 1. The first kappa shape index (κ1) is 23.1. The lowest BCUT2D eigenvalue weighted by Crippen LogP contribution is -2.50. The van der Waals surface area contributed by atoms with E-state index in [1.807, 2.05) is 0 Å². The molecule has 2 amide bonds. The van der Waals surface area contributed by atoms with Crippen LogP contribution in [0.4, 0.5) is 14.5 Å². The van der Waals surface area contributed by atoms with Crippen LogP contribution in [0.1, 0.15) is 47.6 Å². The Hall–Kier alpha value is -3.64. The minimum Gasteiger partial charge on any atom is -0.338 e. The van der Waals surface area contributed by atoms with E-state index >= 15 is 0 Å². The van der Waals surface area contributed by atoms with Gasteiger partial charge in [0.05, 0.1) is 24.1 Å². The van der Waals surface area contributed by atoms with Crippen LogP contribution < -0.4 is 10.6 Å². The lowest BCUT2D eigenvalue weighted by molar-refractivity contribution is -0.119. The highest BCUT2D eigenvalue weighted by Crippen LogP contribution is 2.50. The average Bonchev–Trinajstić information content (AvgIpc) is 3.70. The Morgan fingerprint density at radius 3 is 2.54 bits per heavy atom. The first-order chi connectivity index (χ1) is 16.9. The number of alkyl halides is 2. The molecule has 11 nitrogen and oxygen atoms in total. The van der Waals surface area contributed by atoms with Crippen LogP contribution in [0, 0.1) is 24.7 Å². The van der Waals surface area contributed by atoms with Gasteiger partial charge in [0.2, 0.25) is 5.91 Å². The lowest BCUT2D eigenvalue weighted by atomic mass is 9.88. The van der Waals surface area contributed by atoms with Gasteiger partial charge in [-0.15, -0.1) is 0 Å². The van der Waals surface area contributed by atoms with Gasteiger partial charge in [-0.2, -0.15) is 10.2 Å². The molecule has 2 aliphatic rings. The van der Waals surface area contributed by atoms with Crippen molar-refractivity contribution in [3.05, 3.63) is 41.7 Å². The van der Waals surface area contributed by atoms with Crippen molar-refractivity contribution in [2.24, 2.45) is 17.8 Å². The molecule has 0 saturated heterocycles. The Balaban J connectivity index is 1.29. The van der Waals surface area contributed by atoms with Gasteiger partial charge in [-0.1, -0.05) is 5.16 Å². The molecule has 0 aliphatic heterocycles. The van der Waals surface area contributed by atoms with Gasteiger partial charge in [-0.25, -0.2) is 13.4 Å². The summed E-state index contributed by atoms with van der Waals surface area (Å²) < 4.78 is 32.9. The fraction of sp³-hybridized carbons (Fsp3) is 0.545. The number of anilines is 1. The number of nitrogens with zero attached hydrogens (tertiary/aromatic N) is 6. The molecule has 0 unspecified atom stereocenters. The second-order valence-electron chi connectivity index (χ2n) is 9.21. The van der Waals surface area contributed by atoms with Crippen molar-refractivity contribution in [3.63, 3.8) is 0 Å². The fourth-order valence-electron chi connectivity index (χ4n) is 4.57. The number of halogens is 2. The Kier molecular flexibility index (Phi) is 6.31. The lowest BCUT2D eigenvalue weighted by Gasteiger charge is -2.27. The normalized spacial score (nSPS) is 16.6. The predicted octanol–water partition coefficient (Wildman–Crippen LogP) is 2.26. The second-order valence-corrected chi connectivity index (χ2v) is 9.21. The molecule has 3 heterocycles. The Morgan fingerprint density at radius 2 is 1.91 bits per heavy atom. The SMILES string of the molecule is Cc1nonc1C(=O)N[C@H](C(=O)Nc1cnn(Cc2ccnn2CC(F)F)c1)C(C1CC1)C1CC1. The molecule has 186 valence electrons. The third-order valence-electron chi connectivity index (χ3n) is 6.49. The molecule has 0 spiro atoms. The third kappa shape index (κ3) is 5.38. The number of carbonyl (C=O) groups is 2. The van der Waals surface area contributed by atoms with Crippen LogP contribution in [0.15, 0.2) is 29.3 Å². The number of carbonyl (C=O) groups excluding carboxylic acids is 2. The zero-order valence-corrected chi connectivity index (χ0v) is 19.1. The van der Waals surface area contributed by atoms with Crippen LogP contribution in [0.2, 0.25) is 0 Å². The van der Waals surface area contributed by atoms with Crippen molar-refractivity contribution >= 4 is 17.5 Å². The van der Waals surface area contributed by atoms with E-state index in [1.165, 1.54) is 21.8 Å². The third-order valence-corrected chi connectivity index (χ3v) is 6.49. The summed E-state index contributed by atoms with van der Waals surface area (Å²) >= 11 is 0. The predicted molar refractivity (Wildman–Crippen MR) is 117 cm³/mol. The van der Waals surface area contributed by atoms with Gasteiger partial charge >= 0.3 is 0 Å². The maximum absolute atomic E-state index is 13.4. The zero-order valence-electron chi connectivity index (χ0n) is 19.1. The first-order valence-electron chi connectivity index (χ1n) is 11.6. The molecule has 2 saturated carbocycles. The summed E-state index contributed by atoms with van der Waals surface area (Å²) in [6.45, 7) is 1.33. The maximum Gasteiger partial charge on any atom is 0.276 e. The van der Waals surface area contributed by atoms with Gasteiger partial charge in [-0.05, 0) is 61.6 Å². The van der Waals surface area contributed by atoms with Crippen LogP contribution in [0.3, 0.4) is 0 Å². The fourth-order valence-corrected chi connectivity index (χ4v) is 4.57. The van der Waals surface area contributed by atoms with E-state index in [4.69, 9.17) is 0 Å². The summed E-state index contributed by atoms with van der Waals surface area (Å²) in [6.07, 6.45) is 6.19. The zero-order chi connectivity index (χ0) is 24.5. The Labute approximate surface area is 199 Å². The quantitative estimate of drug-likeness (QED) is 0.423. The minimum atomic E-state index is -2.52. The van der Waals surface area contributed by atoms with Crippen molar-refractivity contribution in [3.8, 4) is 0 Å². The van der Waals surface area contributed by atoms with Gasteiger partial charge in [0.1, 0.15) is 18.3 Å². The molecule has 0 radical (unpaired) electrons. The van der Waals surface area contributed by atoms with E-state index in [-0.39, 0.29) is 24.1 Å². The molecule has 2 N–H and O–H groups in total. The number of hydrogen-bond donors (Lipinski definition) is 2. The Bertz CT molecular complexity index is 1180. The average molecular weight is 488 g/mol. The molecule has 3 aromatic rings. The summed E-state index contributed by atoms with van der Waals surface area (Å²) in [5.41, 5.74) is 1.42. The molecule has 0 bridgehead atoms. The van der Waals surface area contributed by atoms with Gasteiger partial charge < -0.3 is 10.6 Å². The monoisotopic (exact) mass is 488 g/mol. The molecule has 35 heavy (non-hydrogen) atoms. The van der Waals surface area contributed by atoms with Crippen LogP contribution in [0.25, 0.3) is 0 Å². The Morgan fingerprint density at radius 1 is 1.17 bits per heavy atom. The van der Waals surface area contributed by atoms with Gasteiger partial charge in [0.15, 0.2) is 5.69 Å². The molecule has 1 atom stereocenters. The molecule has 3 aromatic heterocycles. The number of aromatic nitrogens is 6. The highest BCUT2D eigenvalue weighted by molar-refractivity contribution is 6.00. The van der Waals surface area contributed by atoms with Crippen molar-refractivity contribution in [2.75, 3.05) is 5.32 Å². The van der Waals surface area contributed by atoms with Gasteiger partial charge in [0.25, 0.3) is 12.3 Å². The molecule has 13 heteroatoms. The van der Waals surface area contributed by atoms with Crippen molar-refractivity contribution in [1.29, 1.82) is 0 Å². The van der Waals surface area contributed by atoms with Gasteiger partial charge in [-0.3, -0.25) is 19.0 Å². The van der Waals surface area contributed by atoms with E-state index in [2.05, 4.69) is 35.8 Å². The van der Waals surface area contributed by atoms with E-state index in [9.17, 15) is 18.4 Å². The van der Waals surface area contributed by atoms with Crippen LogP contribution >= 0.6 is 0 Å². The second kappa shape index (κ2) is 9.55. The van der Waals surface area contributed by atoms with Crippen LogP contribution in [-0.4, -0.2) is 54.2 Å². The van der Waals surface area contributed by atoms with Crippen LogP contribution in [0.5, 0.6) is 0 Å². The minimum absolute atomic E-state index is 0.0397. The molecule has 0 aromatic carbocycles. The first-order valence-corrected chi connectivity index (χ1v) is 11.6. The standard InChI is InChI=1S/C22H26F2N8O3/c1-12-19(30-35-29-12)21(33)28-20(18(13-2-3-13)14-4-5-14)22(34)27-15-8-26-31(9-15)10-16-6-7-25-32(16)11-17(23)24/h6-9,13-14,17-18,20H,2-5,10-11H2,1H3,(H,27,34)(H,28,33)/t20-/m0/s1. The topological polar surface area (TPSA) is 133 Å². The number of amides is 2. The molecular weight excluding hydrogens is 462 g/mol. The van der Waals surface area contributed by atoms with Crippen molar-refractivity contribution in [1.82, 2.24) is 35.2 Å². The van der Waals surface area contributed by atoms with Crippen molar-refractivity contribution < 1.29 is 23.0 Å². The van der Waals surface area contributed by atoms with E-state index in [0.29, 0.717) is 28.9 Å². The summed E-state index contributed by atoms with van der Waals surface area (Å²) in [5.74, 6) is -0.00422. The molecule has 5 rings (SSSR count). The number of rotatable bonds is 11. The maximum atomic E-state index is 13.4. The van der Waals surface area contributed by atoms with Gasteiger partial charge in [0, 0.05) is 12.4 Å². The molecule has 2 fully saturated rings. The van der Waals surface area contributed by atoms with Crippen molar-refractivity contribution in [2.45, 2.75) is 58.2 Å². The number of hydrogen-bond acceptors (Lipinski definition) is 7. The summed E-state index contributed by atoms with van der Waals surface area (Å²) in [7, 11) is 0. The van der Waals surface area contributed by atoms with Crippen LogP contribution in [-0.2, 0) is 17.9 Å². The summed E-state index contributed by atoms with van der Waals surface area (Å²) in [6, 6.07) is 0.902. The van der Waals surface area contributed by atoms with E-state index in [0.717, 1.165) is 25.7 Å². The largest absolute Gasteiger partial charge is 0.338 e. The smallest absolute Gasteiger partial charge is 0.276 e. The van der Waals surface area contributed by atoms with E-state index in [1.54, 1.807) is 19.2 Å². The highest BCUT2D eigenvalue weighted by Gasteiger charge is 2.48. The number of nitrogens with one attached hydrogen (secondary N) is 2. The molecular formula is C22H26F2N8O3.